The molecular weight excluding hydrogens is 420 g/mol. The van der Waals surface area contributed by atoms with E-state index in [1.165, 1.54) is 49.6 Å². The highest BCUT2D eigenvalue weighted by Crippen LogP contribution is 2.19. The van der Waals surface area contributed by atoms with Crippen molar-refractivity contribution in [2.75, 3.05) is 5.32 Å². The van der Waals surface area contributed by atoms with E-state index in [-0.39, 0.29) is 18.0 Å². The molecule has 9 heteroatoms. The van der Waals surface area contributed by atoms with Crippen molar-refractivity contribution >= 4 is 23.5 Å². The molecule has 1 saturated heterocycles. The fourth-order valence-corrected chi connectivity index (χ4v) is 4.69. The first kappa shape index (κ1) is 25.2. The molecule has 0 aromatic carbocycles. The van der Waals surface area contributed by atoms with Gasteiger partial charge in [-0.05, 0) is 26.2 Å². The average Bonchev–Trinajstić information content (AvgIpc) is 3.15. The zero-order valence-corrected chi connectivity index (χ0v) is 20.1. The van der Waals surface area contributed by atoms with Gasteiger partial charge in [0.2, 0.25) is 5.91 Å². The van der Waals surface area contributed by atoms with Gasteiger partial charge in [0, 0.05) is 24.6 Å². The van der Waals surface area contributed by atoms with Crippen LogP contribution in [-0.4, -0.2) is 39.6 Å². The second kappa shape index (κ2) is 12.7. The lowest BCUT2D eigenvalue weighted by atomic mass is 9.98. The number of hydrogen-bond donors (Lipinski definition) is 4. The molecule has 2 heterocycles. The molecule has 0 spiro atoms. The quantitative estimate of drug-likeness (QED) is 0.515. The fourth-order valence-electron chi connectivity index (χ4n) is 4.69. The molecule has 4 N–H and O–H groups in total. The van der Waals surface area contributed by atoms with Crippen LogP contribution in [0.5, 0.6) is 0 Å². The molecule has 3 rings (SSSR count). The Morgan fingerprint density at radius 1 is 1.03 bits per heavy atom. The summed E-state index contributed by atoms with van der Waals surface area (Å²) in [4.78, 5) is 37.5. The third-order valence-corrected chi connectivity index (χ3v) is 6.61. The van der Waals surface area contributed by atoms with Gasteiger partial charge in [0.25, 0.3) is 0 Å². The van der Waals surface area contributed by atoms with Gasteiger partial charge < -0.3 is 16.0 Å². The molecule has 9 nitrogen and oxygen atoms in total. The summed E-state index contributed by atoms with van der Waals surface area (Å²) in [5.41, 5.74) is 0.680. The van der Waals surface area contributed by atoms with E-state index in [0.29, 0.717) is 17.9 Å². The predicted octanol–water partition coefficient (Wildman–Crippen LogP) is 3.26. The van der Waals surface area contributed by atoms with Crippen molar-refractivity contribution in [1.82, 2.24) is 25.7 Å². The number of nitrogens with zero attached hydrogens (tertiary/aromatic N) is 2. The molecule has 2 unspecified atom stereocenters. The monoisotopic (exact) mass is 460 g/mol. The Kier molecular flexibility index (Phi) is 9.72. The Labute approximate surface area is 196 Å². The number of aryl methyl sites for hydroxylation is 1. The lowest BCUT2D eigenvalue weighted by Crippen LogP contribution is -2.53. The molecule has 0 bridgehead atoms. The summed E-state index contributed by atoms with van der Waals surface area (Å²) in [5.74, 6) is -1.03. The third-order valence-electron chi connectivity index (χ3n) is 6.61. The van der Waals surface area contributed by atoms with Gasteiger partial charge in [-0.15, -0.1) is 0 Å². The highest BCUT2D eigenvalue weighted by molar-refractivity contribution is 6.39. The molecule has 3 amide bonds. The lowest BCUT2D eigenvalue weighted by molar-refractivity contribution is -0.136. The topological polar surface area (TPSA) is 117 Å². The van der Waals surface area contributed by atoms with Gasteiger partial charge >= 0.3 is 11.8 Å². The van der Waals surface area contributed by atoms with E-state index >= 15 is 0 Å². The highest BCUT2D eigenvalue weighted by atomic mass is 16.2. The smallest absolute Gasteiger partial charge is 0.314 e. The molecule has 33 heavy (non-hydrogen) atoms. The van der Waals surface area contributed by atoms with E-state index in [1.54, 1.807) is 13.0 Å². The van der Waals surface area contributed by atoms with Crippen molar-refractivity contribution in [3.05, 3.63) is 11.8 Å². The van der Waals surface area contributed by atoms with Crippen molar-refractivity contribution in [3.8, 4) is 0 Å². The van der Waals surface area contributed by atoms with Gasteiger partial charge in [0.15, 0.2) is 6.29 Å². The van der Waals surface area contributed by atoms with Crippen molar-refractivity contribution in [1.29, 1.82) is 0 Å². The van der Waals surface area contributed by atoms with Gasteiger partial charge in [-0.2, -0.15) is 5.10 Å². The molecule has 2 atom stereocenters. The molecule has 1 saturated carbocycles. The van der Waals surface area contributed by atoms with Gasteiger partial charge in [-0.25, -0.2) is 4.68 Å². The minimum atomic E-state index is -0.712. The van der Waals surface area contributed by atoms with Crippen molar-refractivity contribution in [2.45, 2.75) is 116 Å². The Morgan fingerprint density at radius 3 is 2.24 bits per heavy atom. The van der Waals surface area contributed by atoms with Crippen LogP contribution in [0.15, 0.2) is 6.07 Å². The number of hydrogen-bond acceptors (Lipinski definition) is 5. The van der Waals surface area contributed by atoms with Gasteiger partial charge in [-0.3, -0.25) is 19.7 Å². The highest BCUT2D eigenvalue weighted by Gasteiger charge is 2.29. The molecular formula is C24H40N6O3. The standard InChI is InChI=1S/C24H40N6O3/c1-3-18-16-21(31)28-24(26-18)30-20(15-17(2)29-30)27-23(33)22(32)25-19-13-11-9-7-5-4-6-8-10-12-14-19/h15,18-19,24,26H,3-14,16H2,1-2H3,(H,25,32)(H,27,33)(H,28,31). The van der Waals surface area contributed by atoms with Crippen molar-refractivity contribution in [3.63, 3.8) is 0 Å². The normalized spacial score (nSPS) is 23.6. The summed E-state index contributed by atoms with van der Waals surface area (Å²) in [7, 11) is 0. The zero-order chi connectivity index (χ0) is 23.6. The Morgan fingerprint density at radius 2 is 1.64 bits per heavy atom. The predicted molar refractivity (Wildman–Crippen MR) is 127 cm³/mol. The fraction of sp³-hybridized carbons (Fsp3) is 0.750. The lowest BCUT2D eigenvalue weighted by Gasteiger charge is -2.31. The molecule has 1 aromatic rings. The van der Waals surface area contributed by atoms with E-state index in [4.69, 9.17) is 0 Å². The first-order valence-corrected chi connectivity index (χ1v) is 12.7. The summed E-state index contributed by atoms with van der Waals surface area (Å²) >= 11 is 0. The van der Waals surface area contributed by atoms with Crippen molar-refractivity contribution < 1.29 is 14.4 Å². The summed E-state index contributed by atoms with van der Waals surface area (Å²) in [5, 5.41) is 16.2. The molecule has 1 aromatic heterocycles. The van der Waals surface area contributed by atoms with Crippen LogP contribution in [0.4, 0.5) is 5.82 Å². The second-order valence-corrected chi connectivity index (χ2v) is 9.45. The van der Waals surface area contributed by atoms with Crippen LogP contribution in [0.25, 0.3) is 0 Å². The minimum absolute atomic E-state index is 0.0268. The Hall–Kier alpha value is -2.42. The van der Waals surface area contributed by atoms with Gasteiger partial charge in [0.1, 0.15) is 5.82 Å². The minimum Gasteiger partial charge on any atom is -0.345 e. The van der Waals surface area contributed by atoms with Crippen LogP contribution in [-0.2, 0) is 14.4 Å². The SMILES string of the molecule is CCC1CC(=O)NC(n2nc(C)cc2NC(=O)C(=O)NC2CCCCCCCCCCC2)N1. The zero-order valence-electron chi connectivity index (χ0n) is 20.1. The number of aromatic nitrogens is 2. The first-order chi connectivity index (χ1) is 16.0. The van der Waals surface area contributed by atoms with Gasteiger partial charge in [0.05, 0.1) is 5.69 Å². The molecule has 0 radical (unpaired) electrons. The summed E-state index contributed by atoms with van der Waals surface area (Å²) in [6.07, 6.45) is 13.4. The van der Waals surface area contributed by atoms with Crippen LogP contribution in [0.2, 0.25) is 0 Å². The number of carbonyl (C=O) groups excluding carboxylic acids is 3. The second-order valence-electron chi connectivity index (χ2n) is 9.45. The number of anilines is 1. The van der Waals surface area contributed by atoms with Crippen LogP contribution in [0, 0.1) is 6.92 Å². The molecule has 184 valence electrons. The maximum Gasteiger partial charge on any atom is 0.314 e. The number of carbonyl (C=O) groups is 3. The number of nitrogens with one attached hydrogen (secondary N) is 4. The maximum atomic E-state index is 12.7. The summed E-state index contributed by atoms with van der Waals surface area (Å²) in [6, 6.07) is 1.75. The average molecular weight is 461 g/mol. The van der Waals surface area contributed by atoms with Crippen LogP contribution < -0.4 is 21.3 Å². The summed E-state index contributed by atoms with van der Waals surface area (Å²) in [6.45, 7) is 3.82. The molecule has 1 aliphatic heterocycles. The number of rotatable bonds is 4. The van der Waals surface area contributed by atoms with Crippen LogP contribution in [0.3, 0.4) is 0 Å². The van der Waals surface area contributed by atoms with E-state index in [0.717, 1.165) is 32.1 Å². The largest absolute Gasteiger partial charge is 0.345 e. The maximum absolute atomic E-state index is 12.7. The Bertz CT molecular complexity index is 796. The van der Waals surface area contributed by atoms with Crippen LogP contribution in [0.1, 0.15) is 102 Å². The molecule has 1 aliphatic carbocycles. The van der Waals surface area contributed by atoms with Crippen molar-refractivity contribution in [2.24, 2.45) is 0 Å². The number of amides is 3. The van der Waals surface area contributed by atoms with E-state index < -0.39 is 18.1 Å². The Balaban J connectivity index is 1.59. The third kappa shape index (κ3) is 7.84. The molecule has 2 fully saturated rings. The van der Waals surface area contributed by atoms with Gasteiger partial charge in [-0.1, -0.05) is 64.7 Å². The summed E-state index contributed by atoms with van der Waals surface area (Å²) < 4.78 is 1.52. The van der Waals surface area contributed by atoms with E-state index in [9.17, 15) is 14.4 Å². The molecule has 2 aliphatic rings. The van der Waals surface area contributed by atoms with E-state index in [2.05, 4.69) is 26.4 Å². The first-order valence-electron chi connectivity index (χ1n) is 12.7. The van der Waals surface area contributed by atoms with E-state index in [1.807, 2.05) is 6.92 Å². The van der Waals surface area contributed by atoms with Crippen LogP contribution >= 0.6 is 0 Å².